The first kappa shape index (κ1) is 20.0. The maximum absolute atomic E-state index is 12.5. The van der Waals surface area contributed by atoms with Gasteiger partial charge < -0.3 is 19.8 Å². The van der Waals surface area contributed by atoms with Crippen molar-refractivity contribution in [2.45, 2.75) is 26.0 Å². The van der Waals surface area contributed by atoms with Gasteiger partial charge in [0.15, 0.2) is 6.10 Å². The van der Waals surface area contributed by atoms with Crippen molar-refractivity contribution in [1.29, 1.82) is 0 Å². The minimum atomic E-state index is -0.206. The van der Waals surface area contributed by atoms with Gasteiger partial charge in [-0.2, -0.15) is 0 Å². The summed E-state index contributed by atoms with van der Waals surface area (Å²) in [5.74, 6) is 0.793. The zero-order valence-corrected chi connectivity index (χ0v) is 16.8. The number of nitrogens with zero attached hydrogens (tertiary/aromatic N) is 2. The van der Waals surface area contributed by atoms with Gasteiger partial charge in [-0.1, -0.05) is 35.0 Å². The summed E-state index contributed by atoms with van der Waals surface area (Å²) in [5, 5.41) is 7.71. The number of ether oxygens (including phenoxy) is 1. The molecule has 1 N–H and O–H groups in total. The van der Waals surface area contributed by atoms with Gasteiger partial charge in [-0.05, 0) is 48.4 Å². The Kier molecular flexibility index (Phi) is 6.76. The number of rotatable bonds is 7. The van der Waals surface area contributed by atoms with Crippen LogP contribution in [-0.4, -0.2) is 42.9 Å². The van der Waals surface area contributed by atoms with Crippen LogP contribution >= 0.6 is 11.6 Å². The Morgan fingerprint density at radius 1 is 1.29 bits per heavy atom. The predicted molar refractivity (Wildman–Crippen MR) is 110 cm³/mol. The summed E-state index contributed by atoms with van der Waals surface area (Å²) in [7, 11) is 1.64. The van der Waals surface area contributed by atoms with E-state index in [1.165, 1.54) is 0 Å². The van der Waals surface area contributed by atoms with E-state index in [0.29, 0.717) is 31.1 Å². The molecule has 7 heteroatoms. The number of methoxy groups -OCH3 is 1. The van der Waals surface area contributed by atoms with Crippen molar-refractivity contribution < 1.29 is 14.4 Å². The zero-order chi connectivity index (χ0) is 19.9. The third-order valence-corrected chi connectivity index (χ3v) is 4.88. The van der Waals surface area contributed by atoms with E-state index >= 15 is 0 Å². The van der Waals surface area contributed by atoms with Gasteiger partial charge in [0, 0.05) is 24.5 Å². The van der Waals surface area contributed by atoms with Gasteiger partial charge >= 0.3 is 6.03 Å². The molecule has 0 fully saturated rings. The van der Waals surface area contributed by atoms with E-state index in [9.17, 15) is 4.79 Å². The van der Waals surface area contributed by atoms with Crippen molar-refractivity contribution in [2.75, 3.05) is 20.2 Å². The molecule has 0 spiro atoms. The van der Waals surface area contributed by atoms with Crippen LogP contribution in [0.5, 0.6) is 5.75 Å². The van der Waals surface area contributed by atoms with Gasteiger partial charge in [-0.15, -0.1) is 0 Å². The van der Waals surface area contributed by atoms with Crippen LogP contribution in [0, 0.1) is 0 Å². The van der Waals surface area contributed by atoms with Crippen molar-refractivity contribution >= 4 is 23.3 Å². The number of nitrogens with one attached hydrogen (secondary N) is 1. The normalized spacial score (nSPS) is 15.5. The Labute approximate surface area is 170 Å². The van der Waals surface area contributed by atoms with Crippen LogP contribution in [0.1, 0.15) is 24.5 Å². The maximum atomic E-state index is 12.5. The van der Waals surface area contributed by atoms with Gasteiger partial charge in [-0.3, -0.25) is 0 Å². The fraction of sp³-hybridized carbons (Fsp3) is 0.333. The first-order valence-corrected chi connectivity index (χ1v) is 9.61. The highest BCUT2D eigenvalue weighted by molar-refractivity contribution is 6.31. The average molecular weight is 402 g/mol. The molecule has 1 heterocycles. The van der Waals surface area contributed by atoms with Gasteiger partial charge in [-0.25, -0.2) is 4.79 Å². The van der Waals surface area contributed by atoms with Crippen LogP contribution in [0.4, 0.5) is 4.79 Å². The molecule has 1 atom stereocenters. The topological polar surface area (TPSA) is 63.2 Å². The SMILES string of the molecule is CCNC(=O)N(Cc1ccccc1Cl)C[C@H]1CC(c2ccc(OC)cc2)=NO1. The Bertz CT molecular complexity index is 839. The molecule has 3 rings (SSSR count). The minimum Gasteiger partial charge on any atom is -0.497 e. The first-order chi connectivity index (χ1) is 13.6. The smallest absolute Gasteiger partial charge is 0.317 e. The summed E-state index contributed by atoms with van der Waals surface area (Å²) in [6, 6.07) is 15.1. The number of amides is 2. The lowest BCUT2D eigenvalue weighted by atomic mass is 10.0. The molecular weight excluding hydrogens is 378 g/mol. The molecule has 148 valence electrons. The fourth-order valence-corrected chi connectivity index (χ4v) is 3.24. The second kappa shape index (κ2) is 9.46. The van der Waals surface area contributed by atoms with Gasteiger partial charge in [0.2, 0.25) is 0 Å². The molecule has 0 radical (unpaired) electrons. The lowest BCUT2D eigenvalue weighted by Crippen LogP contribution is -2.43. The maximum Gasteiger partial charge on any atom is 0.317 e. The Balaban J connectivity index is 1.66. The number of carbonyl (C=O) groups excluding carboxylic acids is 1. The summed E-state index contributed by atoms with van der Waals surface area (Å²) in [6.45, 7) is 3.27. The minimum absolute atomic E-state index is 0.149. The van der Waals surface area contributed by atoms with Crippen molar-refractivity contribution in [2.24, 2.45) is 5.16 Å². The van der Waals surface area contributed by atoms with Crippen LogP contribution in [0.3, 0.4) is 0 Å². The number of halogens is 1. The number of hydrogen-bond donors (Lipinski definition) is 1. The molecule has 0 unspecified atom stereocenters. The fourth-order valence-electron chi connectivity index (χ4n) is 3.04. The third-order valence-electron chi connectivity index (χ3n) is 4.51. The monoisotopic (exact) mass is 401 g/mol. The summed E-state index contributed by atoms with van der Waals surface area (Å²) >= 11 is 6.27. The quantitative estimate of drug-likeness (QED) is 0.760. The largest absolute Gasteiger partial charge is 0.497 e. The van der Waals surface area contributed by atoms with E-state index in [1.54, 1.807) is 12.0 Å². The third kappa shape index (κ3) is 4.95. The highest BCUT2D eigenvalue weighted by atomic mass is 35.5. The molecular formula is C21H24ClN3O3. The van der Waals surface area contributed by atoms with Gasteiger partial charge in [0.25, 0.3) is 0 Å². The number of benzene rings is 2. The van der Waals surface area contributed by atoms with Crippen LogP contribution in [0.25, 0.3) is 0 Å². The molecule has 2 amide bonds. The second-order valence-electron chi connectivity index (χ2n) is 6.51. The second-order valence-corrected chi connectivity index (χ2v) is 6.91. The lowest BCUT2D eigenvalue weighted by Gasteiger charge is -2.25. The molecule has 1 aliphatic rings. The number of hydrogen-bond acceptors (Lipinski definition) is 4. The number of urea groups is 1. The lowest BCUT2D eigenvalue weighted by molar-refractivity contribution is 0.0590. The van der Waals surface area contributed by atoms with Crippen molar-refractivity contribution in [1.82, 2.24) is 10.2 Å². The number of oxime groups is 1. The Hall–Kier alpha value is -2.73. The highest BCUT2D eigenvalue weighted by Crippen LogP contribution is 2.22. The van der Waals surface area contributed by atoms with E-state index in [1.807, 2.05) is 55.5 Å². The molecule has 28 heavy (non-hydrogen) atoms. The molecule has 0 saturated heterocycles. The Morgan fingerprint density at radius 2 is 2.04 bits per heavy atom. The Morgan fingerprint density at radius 3 is 2.71 bits per heavy atom. The van der Waals surface area contributed by atoms with Crippen LogP contribution in [0.15, 0.2) is 53.7 Å². The van der Waals surface area contributed by atoms with Gasteiger partial charge in [0.1, 0.15) is 5.75 Å². The van der Waals surface area contributed by atoms with Crippen LogP contribution in [0.2, 0.25) is 5.02 Å². The molecule has 0 saturated carbocycles. The molecule has 2 aromatic carbocycles. The molecule has 6 nitrogen and oxygen atoms in total. The van der Waals surface area contributed by atoms with Gasteiger partial charge in [0.05, 0.1) is 19.4 Å². The van der Waals surface area contributed by atoms with E-state index in [-0.39, 0.29) is 12.1 Å². The average Bonchev–Trinajstić information content (AvgIpc) is 3.18. The van der Waals surface area contributed by atoms with E-state index in [2.05, 4.69) is 10.5 Å². The standard InChI is InChI=1S/C21H24ClN3O3/c1-3-23-21(26)25(13-16-6-4-5-7-19(16)22)14-18-12-20(24-28-18)15-8-10-17(27-2)11-9-15/h4-11,18H,3,12-14H2,1-2H3,(H,23,26)/t18-/m1/s1. The molecule has 0 aromatic heterocycles. The molecule has 0 bridgehead atoms. The van der Waals surface area contributed by atoms with E-state index in [4.69, 9.17) is 21.2 Å². The molecule has 1 aliphatic heterocycles. The molecule has 2 aromatic rings. The summed E-state index contributed by atoms with van der Waals surface area (Å²) < 4.78 is 5.19. The first-order valence-electron chi connectivity index (χ1n) is 9.24. The van der Waals surface area contributed by atoms with Crippen molar-refractivity contribution in [3.05, 3.63) is 64.7 Å². The van der Waals surface area contributed by atoms with E-state index < -0.39 is 0 Å². The van der Waals surface area contributed by atoms with Crippen molar-refractivity contribution in [3.8, 4) is 5.75 Å². The predicted octanol–water partition coefficient (Wildman–Crippen LogP) is 4.07. The van der Waals surface area contributed by atoms with Crippen LogP contribution in [-0.2, 0) is 11.4 Å². The summed E-state index contributed by atoms with van der Waals surface area (Å²) in [5.41, 5.74) is 2.74. The van der Waals surface area contributed by atoms with Crippen molar-refractivity contribution in [3.63, 3.8) is 0 Å². The summed E-state index contributed by atoms with van der Waals surface area (Å²) in [4.78, 5) is 19.8. The highest BCUT2D eigenvalue weighted by Gasteiger charge is 2.27. The van der Waals surface area contributed by atoms with Crippen LogP contribution < -0.4 is 10.1 Å². The summed E-state index contributed by atoms with van der Waals surface area (Å²) in [6.07, 6.45) is 0.423. The molecule has 0 aliphatic carbocycles. The zero-order valence-electron chi connectivity index (χ0n) is 16.0. The van der Waals surface area contributed by atoms with E-state index in [0.717, 1.165) is 22.6 Å². The number of carbonyl (C=O) groups is 1.